The number of fused-ring (bicyclic) bond motifs is 4. The van der Waals surface area contributed by atoms with Gasteiger partial charge >= 0.3 is 0 Å². The molecule has 0 aliphatic rings. The van der Waals surface area contributed by atoms with Crippen LogP contribution in [0.2, 0.25) is 5.28 Å². The predicted molar refractivity (Wildman–Crippen MR) is 198 cm³/mol. The summed E-state index contributed by atoms with van der Waals surface area (Å²) in [6.45, 7) is 14.4. The van der Waals surface area contributed by atoms with Crippen molar-refractivity contribution in [3.8, 4) is 0 Å². The van der Waals surface area contributed by atoms with Gasteiger partial charge in [0.05, 0.1) is 12.4 Å². The van der Waals surface area contributed by atoms with E-state index in [1.54, 1.807) is 68.4 Å². The van der Waals surface area contributed by atoms with Crippen LogP contribution in [0.15, 0.2) is 80.9 Å². The first-order valence-corrected chi connectivity index (χ1v) is 17.7. The zero-order valence-corrected chi connectivity index (χ0v) is 30.3. The van der Waals surface area contributed by atoms with Gasteiger partial charge < -0.3 is 20.7 Å². The Balaban J connectivity index is 0.000000140. The molecule has 0 radical (unpaired) electrons. The van der Waals surface area contributed by atoms with E-state index in [0.717, 1.165) is 20.2 Å². The highest BCUT2D eigenvalue weighted by atomic mass is 79.9. The van der Waals surface area contributed by atoms with Crippen LogP contribution in [0.4, 0.5) is 26.4 Å². The van der Waals surface area contributed by atoms with E-state index in [1.807, 2.05) is 22.9 Å². The second kappa shape index (κ2) is 14.9. The number of nitrogens with zero attached hydrogens (tertiary/aromatic N) is 8. The van der Waals surface area contributed by atoms with Crippen LogP contribution in [0.3, 0.4) is 0 Å². The molecule has 244 valence electrons. The highest BCUT2D eigenvalue weighted by Crippen LogP contribution is 2.29. The van der Waals surface area contributed by atoms with E-state index in [-0.39, 0.29) is 30.5 Å². The van der Waals surface area contributed by atoms with Gasteiger partial charge in [0.15, 0.2) is 0 Å². The van der Waals surface area contributed by atoms with Gasteiger partial charge in [-0.3, -0.25) is 8.80 Å². The summed E-state index contributed by atoms with van der Waals surface area (Å²) in [5.41, 5.74) is 7.85. The largest absolute Gasteiger partial charge is 0.359 e. The molecule has 0 spiro atoms. The summed E-state index contributed by atoms with van der Waals surface area (Å²) >= 11 is 15.6. The molecule has 0 bridgehead atoms. The number of rotatable bonds is 4. The maximum absolute atomic E-state index is 14.2. The fraction of sp³-hybridized carbons (Fsp3) is 0.0625. The molecular formula is C32H19Br2ClF2N10S2. The SMILES string of the molecule is NCc1c(F)ccc2sccc12.[C-]#[N+]c1cn2c(Cl)ncc(Br)c2n1.[C-]#[N+]c1cn2c(NCc3c(F)ccc4sccc34)ncc(Br)c2n1. The normalized spacial score (nSPS) is 10.8. The van der Waals surface area contributed by atoms with Crippen molar-refractivity contribution >= 4 is 115 Å². The summed E-state index contributed by atoms with van der Waals surface area (Å²) in [5, 5.41) is 9.17. The molecule has 0 saturated carbocycles. The third-order valence-corrected chi connectivity index (χ3v) is 10.2. The summed E-state index contributed by atoms with van der Waals surface area (Å²) in [6.07, 6.45) is 6.31. The van der Waals surface area contributed by atoms with Crippen LogP contribution >= 0.6 is 66.1 Å². The molecule has 8 aromatic rings. The number of hydrogen-bond donors (Lipinski definition) is 2. The van der Waals surface area contributed by atoms with Gasteiger partial charge in [0, 0.05) is 51.4 Å². The van der Waals surface area contributed by atoms with Gasteiger partial charge in [-0.05, 0) is 96.0 Å². The Morgan fingerprint density at radius 3 is 1.90 bits per heavy atom. The molecule has 0 aliphatic heterocycles. The molecule has 0 aliphatic carbocycles. The lowest BCUT2D eigenvalue weighted by molar-refractivity contribution is 0.613. The third-order valence-electron chi connectivity index (χ3n) is 7.06. The van der Waals surface area contributed by atoms with Gasteiger partial charge in [0.25, 0.3) is 11.6 Å². The van der Waals surface area contributed by atoms with Crippen molar-refractivity contribution in [3.05, 3.63) is 132 Å². The second-order valence-corrected chi connectivity index (χ2v) is 13.8. The third kappa shape index (κ3) is 7.11. The molecule has 0 saturated heterocycles. The van der Waals surface area contributed by atoms with E-state index >= 15 is 0 Å². The lowest BCUT2D eigenvalue weighted by Gasteiger charge is -2.09. The Morgan fingerprint density at radius 1 is 0.796 bits per heavy atom. The number of halogens is 5. The van der Waals surface area contributed by atoms with E-state index in [9.17, 15) is 8.78 Å². The van der Waals surface area contributed by atoms with Crippen molar-refractivity contribution in [1.29, 1.82) is 0 Å². The van der Waals surface area contributed by atoms with Gasteiger partial charge in [0.1, 0.15) is 20.6 Å². The zero-order chi connectivity index (χ0) is 34.7. The van der Waals surface area contributed by atoms with Crippen LogP contribution in [-0.4, -0.2) is 28.7 Å². The zero-order valence-electron chi connectivity index (χ0n) is 24.7. The standard InChI is InChI=1S/C16H9BrFN5S.C9H8FNS.C7H2BrClN4/c1-19-14-8-23-15(22-14)11(17)7-21-16(23)20-6-10-9-4-5-24-13(9)3-2-12(10)18;10-8-1-2-9-6(3-4-12-9)7(8)5-11;1-10-5-3-13-6(12-5)4(8)2-11-7(13)9/h2-5,7-8H,6H2,(H,20,21);1-4H,5,11H2;2-3H. The highest BCUT2D eigenvalue weighted by molar-refractivity contribution is 9.11. The fourth-order valence-electron chi connectivity index (χ4n) is 4.79. The Kier molecular flexibility index (Phi) is 10.4. The van der Waals surface area contributed by atoms with Gasteiger partial charge in [-0.25, -0.2) is 18.7 Å². The molecule has 3 N–H and O–H groups in total. The first kappa shape index (κ1) is 34.3. The summed E-state index contributed by atoms with van der Waals surface area (Å²) in [5.74, 6) is 0.619. The van der Waals surface area contributed by atoms with Gasteiger partial charge in [0.2, 0.25) is 22.5 Å². The Hall–Kier alpha value is -4.55. The smallest absolute Gasteiger partial charge is 0.288 e. The molecule has 0 fully saturated rings. The minimum absolute atomic E-state index is 0.205. The summed E-state index contributed by atoms with van der Waals surface area (Å²) < 4.78 is 34.1. The maximum atomic E-state index is 14.2. The number of hydrogen-bond acceptors (Lipinski definition) is 8. The van der Waals surface area contributed by atoms with Gasteiger partial charge in [-0.2, -0.15) is 0 Å². The van der Waals surface area contributed by atoms with Crippen molar-refractivity contribution in [2.45, 2.75) is 13.1 Å². The molecule has 49 heavy (non-hydrogen) atoms. The number of benzene rings is 2. The number of nitrogens with two attached hydrogens (primary N) is 1. The molecule has 6 aromatic heterocycles. The van der Waals surface area contributed by atoms with E-state index in [2.05, 4.69) is 66.8 Å². The van der Waals surface area contributed by atoms with E-state index in [0.29, 0.717) is 48.4 Å². The van der Waals surface area contributed by atoms with Gasteiger partial charge in [-0.1, -0.05) is 23.1 Å². The minimum atomic E-state index is -0.255. The monoisotopic (exact) mass is 838 g/mol. The van der Waals surface area contributed by atoms with Crippen molar-refractivity contribution in [2.24, 2.45) is 5.73 Å². The second-order valence-electron chi connectivity index (χ2n) is 9.89. The molecule has 17 heteroatoms. The highest BCUT2D eigenvalue weighted by Gasteiger charge is 2.15. The van der Waals surface area contributed by atoms with Crippen LogP contribution in [0, 0.1) is 24.8 Å². The molecule has 2 aromatic carbocycles. The number of thiophene rings is 2. The lowest BCUT2D eigenvalue weighted by Crippen LogP contribution is -2.07. The molecule has 8 rings (SSSR count). The van der Waals surface area contributed by atoms with Crippen LogP contribution in [0.5, 0.6) is 0 Å². The molecule has 0 atom stereocenters. The van der Waals surface area contributed by atoms with Crippen LogP contribution in [0.25, 0.3) is 41.2 Å². The van der Waals surface area contributed by atoms with Crippen molar-refractivity contribution in [1.82, 2.24) is 28.7 Å². The molecule has 0 amide bonds. The van der Waals surface area contributed by atoms with Crippen LogP contribution in [0.1, 0.15) is 11.1 Å². The number of anilines is 1. The van der Waals surface area contributed by atoms with Gasteiger partial charge in [-0.15, -0.1) is 22.7 Å². The summed E-state index contributed by atoms with van der Waals surface area (Å²) in [4.78, 5) is 23.0. The van der Waals surface area contributed by atoms with Crippen molar-refractivity contribution in [3.63, 3.8) is 0 Å². The van der Waals surface area contributed by atoms with Crippen molar-refractivity contribution in [2.75, 3.05) is 5.32 Å². The summed E-state index contributed by atoms with van der Waals surface area (Å²) in [7, 11) is 0. The minimum Gasteiger partial charge on any atom is -0.359 e. The predicted octanol–water partition coefficient (Wildman–Crippen LogP) is 10.2. The lowest BCUT2D eigenvalue weighted by atomic mass is 10.1. The first-order valence-electron chi connectivity index (χ1n) is 13.9. The van der Waals surface area contributed by atoms with Crippen LogP contribution in [-0.2, 0) is 13.1 Å². The fourth-order valence-corrected chi connectivity index (χ4v) is 7.36. The molecule has 6 heterocycles. The Bertz CT molecular complexity index is 2530. The van der Waals surface area contributed by atoms with Crippen LogP contribution < -0.4 is 11.1 Å². The molecule has 0 unspecified atom stereocenters. The Labute approximate surface area is 306 Å². The number of aromatic nitrogens is 6. The average Bonchev–Trinajstić information content (AvgIpc) is 3.93. The van der Waals surface area contributed by atoms with Crippen molar-refractivity contribution < 1.29 is 8.78 Å². The average molecular weight is 841 g/mol. The van der Waals surface area contributed by atoms with E-state index < -0.39 is 0 Å². The number of imidazole rings is 2. The maximum Gasteiger partial charge on any atom is 0.288 e. The number of nitrogens with one attached hydrogen (secondary N) is 1. The molecular weight excluding hydrogens is 822 g/mol. The topological polar surface area (TPSA) is 107 Å². The summed E-state index contributed by atoms with van der Waals surface area (Å²) in [6, 6.07) is 10.3. The van der Waals surface area contributed by atoms with E-state index in [1.165, 1.54) is 12.1 Å². The quantitative estimate of drug-likeness (QED) is 0.135. The Morgan fingerprint density at radius 2 is 1.33 bits per heavy atom. The van der Waals surface area contributed by atoms with E-state index in [4.69, 9.17) is 30.5 Å². The molecule has 10 nitrogen and oxygen atoms in total. The first-order chi connectivity index (χ1) is 23.7.